The number of carbonyl (C=O) groups is 1. The van der Waals surface area contributed by atoms with Crippen molar-refractivity contribution in [1.29, 1.82) is 0 Å². The van der Waals surface area contributed by atoms with Gasteiger partial charge in [0.05, 0.1) is 13.2 Å². The summed E-state index contributed by atoms with van der Waals surface area (Å²) in [4.78, 5) is 11.8. The molecular weight excluding hydrogens is 404 g/mol. The molecule has 1 aliphatic heterocycles. The standard InChI is InChI=1S/C13H20O3.C11H16O2.ClH/c14-8-12-5-9-3-10(6-12)13(11(4-9)7-12)15-1-2-16-13;12-6-11-3-7-1-8(4-11)10(13)9(2-7)5-11;/h9-11,14H,1-8H2;7-9,12H,1-6H2;1H. The van der Waals surface area contributed by atoms with E-state index in [2.05, 4.69) is 0 Å². The van der Waals surface area contributed by atoms with Crippen molar-refractivity contribution in [2.24, 2.45) is 46.3 Å². The lowest BCUT2D eigenvalue weighted by atomic mass is 9.47. The third-order valence-electron chi connectivity index (χ3n) is 9.98. The molecule has 0 aromatic carbocycles. The number of hydrogen-bond donors (Lipinski definition) is 2. The fraction of sp³-hybridized carbons (Fsp3) is 0.958. The highest BCUT2D eigenvalue weighted by Gasteiger charge is 2.64. The van der Waals surface area contributed by atoms with Crippen molar-refractivity contribution in [3.8, 4) is 0 Å². The predicted molar refractivity (Wildman–Crippen MR) is 113 cm³/mol. The van der Waals surface area contributed by atoms with Gasteiger partial charge in [-0.25, -0.2) is 0 Å². The predicted octanol–water partition coefficient (Wildman–Crippen LogP) is 3.34. The lowest BCUT2D eigenvalue weighted by molar-refractivity contribution is -0.305. The van der Waals surface area contributed by atoms with E-state index < -0.39 is 0 Å². The van der Waals surface area contributed by atoms with Gasteiger partial charge in [0.2, 0.25) is 0 Å². The third-order valence-corrected chi connectivity index (χ3v) is 9.98. The zero-order valence-electron chi connectivity index (χ0n) is 17.9. The van der Waals surface area contributed by atoms with Crippen LogP contribution in [0.2, 0.25) is 0 Å². The molecule has 1 heterocycles. The van der Waals surface area contributed by atoms with Crippen molar-refractivity contribution in [3.63, 3.8) is 0 Å². The molecular formula is C24H37ClO5. The van der Waals surface area contributed by atoms with Crippen molar-refractivity contribution >= 4 is 18.2 Å². The first-order valence-electron chi connectivity index (χ1n) is 12.0. The summed E-state index contributed by atoms with van der Waals surface area (Å²) < 4.78 is 12.0. The van der Waals surface area contributed by atoms with Crippen LogP contribution in [0.5, 0.6) is 0 Å². The Balaban J connectivity index is 0.000000127. The van der Waals surface area contributed by atoms with Crippen LogP contribution < -0.4 is 0 Å². The van der Waals surface area contributed by atoms with Gasteiger partial charge in [0.1, 0.15) is 5.78 Å². The summed E-state index contributed by atoms with van der Waals surface area (Å²) in [5, 5.41) is 19.1. The molecule has 8 bridgehead atoms. The van der Waals surface area contributed by atoms with Crippen LogP contribution in [0, 0.1) is 46.3 Å². The van der Waals surface area contributed by atoms with Crippen molar-refractivity contribution < 1.29 is 24.5 Å². The van der Waals surface area contributed by atoms with Crippen LogP contribution in [0.3, 0.4) is 0 Å². The minimum atomic E-state index is -0.240. The average molecular weight is 441 g/mol. The zero-order chi connectivity index (χ0) is 19.9. The summed E-state index contributed by atoms with van der Waals surface area (Å²) in [7, 11) is 0. The molecule has 8 saturated carbocycles. The highest BCUT2D eigenvalue weighted by atomic mass is 35.5. The normalized spacial score (nSPS) is 51.1. The maximum absolute atomic E-state index is 11.8. The van der Waals surface area contributed by atoms with Crippen molar-refractivity contribution in [2.75, 3.05) is 26.4 Å². The lowest BCUT2D eigenvalue weighted by Gasteiger charge is -2.62. The van der Waals surface area contributed by atoms with E-state index in [1.54, 1.807) is 0 Å². The summed E-state index contributed by atoms with van der Waals surface area (Å²) in [6.45, 7) is 2.21. The van der Waals surface area contributed by atoms with E-state index in [4.69, 9.17) is 9.47 Å². The molecule has 8 aliphatic carbocycles. The molecule has 30 heavy (non-hydrogen) atoms. The third kappa shape index (κ3) is 3.06. The Kier molecular flexibility index (Phi) is 5.35. The van der Waals surface area contributed by atoms with E-state index in [-0.39, 0.29) is 29.0 Å². The Morgan fingerprint density at radius 2 is 1.20 bits per heavy atom. The first kappa shape index (κ1) is 21.6. The van der Waals surface area contributed by atoms with Crippen LogP contribution >= 0.6 is 12.4 Å². The first-order valence-corrected chi connectivity index (χ1v) is 12.0. The summed E-state index contributed by atoms with van der Waals surface area (Å²) in [6.07, 6.45) is 11.4. The molecule has 5 nitrogen and oxygen atoms in total. The van der Waals surface area contributed by atoms with E-state index in [9.17, 15) is 15.0 Å². The number of ketones is 1. The van der Waals surface area contributed by atoms with Crippen LogP contribution in [-0.2, 0) is 14.3 Å². The van der Waals surface area contributed by atoms with Crippen molar-refractivity contribution in [3.05, 3.63) is 0 Å². The van der Waals surface area contributed by atoms with Crippen LogP contribution in [0.1, 0.15) is 64.2 Å². The molecule has 0 aromatic rings. The van der Waals surface area contributed by atoms with Gasteiger partial charge in [0.25, 0.3) is 0 Å². The molecule has 4 unspecified atom stereocenters. The summed E-state index contributed by atoms with van der Waals surface area (Å²) in [5.41, 5.74) is 0.376. The minimum absolute atomic E-state index is 0. The van der Waals surface area contributed by atoms with Crippen LogP contribution in [0.4, 0.5) is 0 Å². The summed E-state index contributed by atoms with van der Waals surface area (Å²) in [6, 6.07) is 0. The van der Waals surface area contributed by atoms with Crippen molar-refractivity contribution in [2.45, 2.75) is 70.0 Å². The van der Waals surface area contributed by atoms with Gasteiger partial charge in [-0.05, 0) is 86.9 Å². The summed E-state index contributed by atoms with van der Waals surface area (Å²) >= 11 is 0. The maximum atomic E-state index is 11.8. The molecule has 1 saturated heterocycles. The van der Waals surface area contributed by atoms with Gasteiger partial charge in [0.15, 0.2) is 5.79 Å². The molecule has 9 fully saturated rings. The number of hydrogen-bond acceptors (Lipinski definition) is 5. The second-order valence-corrected chi connectivity index (χ2v) is 11.8. The smallest absolute Gasteiger partial charge is 0.174 e. The largest absolute Gasteiger partial charge is 0.396 e. The van der Waals surface area contributed by atoms with Crippen LogP contribution in [-0.4, -0.2) is 48.2 Å². The topological polar surface area (TPSA) is 76.0 Å². The summed E-state index contributed by atoms with van der Waals surface area (Å²) in [5.74, 6) is 3.58. The molecule has 4 atom stereocenters. The highest BCUT2D eigenvalue weighted by molar-refractivity contribution is 5.86. The van der Waals surface area contributed by atoms with Gasteiger partial charge in [0, 0.05) is 36.9 Å². The highest BCUT2D eigenvalue weighted by Crippen LogP contribution is 2.65. The molecule has 0 aromatic heterocycles. The SMILES string of the molecule is Cl.O=C1C2CC3CC1CC(CO)(C3)C2.OCC12CC3CC(C1)C1(OCCO1)C(C3)C2. The zero-order valence-corrected chi connectivity index (χ0v) is 18.7. The van der Waals surface area contributed by atoms with Gasteiger partial charge in [-0.2, -0.15) is 0 Å². The molecule has 9 aliphatic rings. The average Bonchev–Trinajstić information content (AvgIpc) is 3.21. The molecule has 9 rings (SSSR count). The minimum Gasteiger partial charge on any atom is -0.396 e. The number of aliphatic hydroxyl groups is 2. The van der Waals surface area contributed by atoms with Gasteiger partial charge >= 0.3 is 0 Å². The van der Waals surface area contributed by atoms with Crippen LogP contribution in [0.15, 0.2) is 0 Å². The van der Waals surface area contributed by atoms with Gasteiger partial charge in [-0.1, -0.05) is 0 Å². The van der Waals surface area contributed by atoms with E-state index >= 15 is 0 Å². The fourth-order valence-corrected chi connectivity index (χ4v) is 9.30. The number of halogens is 1. The quantitative estimate of drug-likeness (QED) is 0.688. The number of carbonyl (C=O) groups excluding carboxylic acids is 1. The Labute approximate surface area is 185 Å². The number of aliphatic hydroxyl groups excluding tert-OH is 2. The molecule has 170 valence electrons. The Morgan fingerprint density at radius 3 is 1.70 bits per heavy atom. The molecule has 0 amide bonds. The maximum Gasteiger partial charge on any atom is 0.174 e. The van der Waals surface area contributed by atoms with E-state index in [1.807, 2.05) is 0 Å². The number of ether oxygens (including phenoxy) is 2. The molecule has 1 spiro atoms. The molecule has 0 radical (unpaired) electrons. The molecule has 6 heteroatoms. The second-order valence-electron chi connectivity index (χ2n) is 11.8. The number of Topliss-reactive ketones (excluding diaryl/α,β-unsaturated/α-hetero) is 1. The Hall–Kier alpha value is -0.200. The lowest BCUT2D eigenvalue weighted by Crippen LogP contribution is -2.62. The van der Waals surface area contributed by atoms with E-state index in [0.29, 0.717) is 42.7 Å². The fourth-order valence-electron chi connectivity index (χ4n) is 9.30. The van der Waals surface area contributed by atoms with E-state index in [1.165, 1.54) is 25.7 Å². The van der Waals surface area contributed by atoms with E-state index in [0.717, 1.165) is 63.6 Å². The van der Waals surface area contributed by atoms with Gasteiger partial charge in [-0.15, -0.1) is 12.4 Å². The van der Waals surface area contributed by atoms with Crippen molar-refractivity contribution in [1.82, 2.24) is 0 Å². The first-order chi connectivity index (χ1) is 14.0. The monoisotopic (exact) mass is 440 g/mol. The van der Waals surface area contributed by atoms with Gasteiger partial charge < -0.3 is 19.7 Å². The Bertz CT molecular complexity index is 653. The van der Waals surface area contributed by atoms with Crippen LogP contribution in [0.25, 0.3) is 0 Å². The Morgan fingerprint density at radius 1 is 0.733 bits per heavy atom. The van der Waals surface area contributed by atoms with Gasteiger partial charge in [-0.3, -0.25) is 4.79 Å². The second kappa shape index (κ2) is 7.41. The molecule has 2 N–H and O–H groups in total. The number of rotatable bonds is 2.